The van der Waals surface area contributed by atoms with Crippen LogP contribution < -0.4 is 14.2 Å². The van der Waals surface area contributed by atoms with Crippen molar-refractivity contribution in [3.63, 3.8) is 0 Å². The lowest BCUT2D eigenvalue weighted by Crippen LogP contribution is -2.25. The molecule has 1 aliphatic heterocycles. The van der Waals surface area contributed by atoms with Gasteiger partial charge in [0.05, 0.1) is 12.0 Å². The van der Waals surface area contributed by atoms with Crippen molar-refractivity contribution in [1.29, 1.82) is 0 Å². The maximum Gasteiger partial charge on any atom is 0.262 e. The van der Waals surface area contributed by atoms with Gasteiger partial charge in [-0.3, -0.25) is 9.62 Å². The van der Waals surface area contributed by atoms with E-state index in [1.807, 2.05) is 12.1 Å². The second-order valence-corrected chi connectivity index (χ2v) is 9.12. The van der Waals surface area contributed by atoms with Crippen LogP contribution in [0.25, 0.3) is 0 Å². The van der Waals surface area contributed by atoms with Crippen LogP contribution in [0.5, 0.6) is 11.8 Å². The van der Waals surface area contributed by atoms with Crippen molar-refractivity contribution in [1.82, 2.24) is 9.88 Å². The summed E-state index contributed by atoms with van der Waals surface area (Å²) in [6, 6.07) is 10.1. The summed E-state index contributed by atoms with van der Waals surface area (Å²) >= 11 is 0. The Morgan fingerprint density at radius 2 is 1.79 bits per heavy atom. The standard InChI is InChI=1S/C21H29N3O4S/c1-16(2)17-6-8-18(9-7-17)29(25,26)23-19-10-11-20(22-21(19)27-3)28-15-14-24-12-4-5-13-24/h6-11,16,23H,4-5,12-15H2,1-3H3. The van der Waals surface area contributed by atoms with E-state index in [2.05, 4.69) is 28.5 Å². The minimum atomic E-state index is -3.75. The number of aromatic nitrogens is 1. The summed E-state index contributed by atoms with van der Waals surface area (Å²) in [4.78, 5) is 6.82. The number of methoxy groups -OCH3 is 1. The van der Waals surface area contributed by atoms with E-state index in [9.17, 15) is 8.42 Å². The number of ether oxygens (including phenoxy) is 2. The van der Waals surface area contributed by atoms with Gasteiger partial charge in [-0.15, -0.1) is 0 Å². The molecule has 1 fully saturated rings. The fourth-order valence-corrected chi connectivity index (χ4v) is 4.32. The maximum atomic E-state index is 12.7. The Kier molecular flexibility index (Phi) is 6.97. The summed E-state index contributed by atoms with van der Waals surface area (Å²) < 4.78 is 39.0. The van der Waals surface area contributed by atoms with Crippen LogP contribution >= 0.6 is 0 Å². The predicted octanol–water partition coefficient (Wildman–Crippen LogP) is 3.49. The summed E-state index contributed by atoms with van der Waals surface area (Å²) in [6.45, 7) is 7.73. The van der Waals surface area contributed by atoms with Gasteiger partial charge in [0, 0.05) is 12.6 Å². The fourth-order valence-electron chi connectivity index (χ4n) is 3.26. The first-order valence-electron chi connectivity index (χ1n) is 9.92. The molecule has 0 spiro atoms. The van der Waals surface area contributed by atoms with E-state index in [1.54, 1.807) is 24.3 Å². The highest BCUT2D eigenvalue weighted by Crippen LogP contribution is 2.28. The zero-order valence-electron chi connectivity index (χ0n) is 17.2. The molecule has 1 N–H and O–H groups in total. The zero-order chi connectivity index (χ0) is 20.9. The third-order valence-electron chi connectivity index (χ3n) is 4.99. The van der Waals surface area contributed by atoms with Crippen molar-refractivity contribution in [3.05, 3.63) is 42.0 Å². The first-order valence-corrected chi connectivity index (χ1v) is 11.4. The summed E-state index contributed by atoms with van der Waals surface area (Å²) in [6.07, 6.45) is 2.47. The van der Waals surface area contributed by atoms with E-state index in [1.165, 1.54) is 20.0 Å². The molecular weight excluding hydrogens is 390 g/mol. The van der Waals surface area contributed by atoms with Crippen LogP contribution in [0, 0.1) is 0 Å². The van der Waals surface area contributed by atoms with Crippen molar-refractivity contribution >= 4 is 15.7 Å². The second-order valence-electron chi connectivity index (χ2n) is 7.43. The summed E-state index contributed by atoms with van der Waals surface area (Å²) in [7, 11) is -2.30. The summed E-state index contributed by atoms with van der Waals surface area (Å²) in [5.74, 6) is 0.915. The molecule has 1 aromatic heterocycles. The zero-order valence-corrected chi connectivity index (χ0v) is 18.0. The van der Waals surface area contributed by atoms with Gasteiger partial charge in [-0.2, -0.15) is 4.98 Å². The molecule has 1 saturated heterocycles. The topological polar surface area (TPSA) is 80.8 Å². The molecule has 8 heteroatoms. The Morgan fingerprint density at radius 3 is 2.41 bits per heavy atom. The third kappa shape index (κ3) is 5.61. The van der Waals surface area contributed by atoms with Crippen LogP contribution in [-0.2, 0) is 10.0 Å². The Hall–Kier alpha value is -2.32. The molecule has 0 atom stereocenters. The lowest BCUT2D eigenvalue weighted by Gasteiger charge is -2.16. The van der Waals surface area contributed by atoms with Crippen molar-refractivity contribution in [2.45, 2.75) is 37.5 Å². The predicted molar refractivity (Wildman–Crippen MR) is 113 cm³/mol. The molecule has 1 aromatic carbocycles. The molecular formula is C21H29N3O4S. The summed E-state index contributed by atoms with van der Waals surface area (Å²) in [5.41, 5.74) is 1.35. The average Bonchev–Trinajstić information content (AvgIpc) is 3.22. The molecule has 1 aliphatic rings. The highest BCUT2D eigenvalue weighted by molar-refractivity contribution is 7.92. The van der Waals surface area contributed by atoms with Crippen molar-refractivity contribution in [2.75, 3.05) is 38.1 Å². The van der Waals surface area contributed by atoms with Crippen LogP contribution in [0.2, 0.25) is 0 Å². The van der Waals surface area contributed by atoms with Crippen molar-refractivity contribution in [3.8, 4) is 11.8 Å². The Bertz CT molecular complexity index is 908. The molecule has 29 heavy (non-hydrogen) atoms. The summed E-state index contributed by atoms with van der Waals surface area (Å²) in [5, 5.41) is 0. The van der Waals surface area contributed by atoms with Gasteiger partial charge in [-0.25, -0.2) is 8.42 Å². The van der Waals surface area contributed by atoms with Gasteiger partial charge in [0.25, 0.3) is 10.0 Å². The lowest BCUT2D eigenvalue weighted by atomic mass is 10.0. The van der Waals surface area contributed by atoms with Crippen molar-refractivity contribution in [2.24, 2.45) is 0 Å². The quantitative estimate of drug-likeness (QED) is 0.670. The van der Waals surface area contributed by atoms with Gasteiger partial charge < -0.3 is 9.47 Å². The van der Waals surface area contributed by atoms with Crippen molar-refractivity contribution < 1.29 is 17.9 Å². The van der Waals surface area contributed by atoms with E-state index in [4.69, 9.17) is 9.47 Å². The Labute approximate surface area is 173 Å². The van der Waals surface area contributed by atoms with Gasteiger partial charge in [0.2, 0.25) is 11.8 Å². The monoisotopic (exact) mass is 419 g/mol. The molecule has 158 valence electrons. The smallest absolute Gasteiger partial charge is 0.262 e. The number of hydrogen-bond acceptors (Lipinski definition) is 6. The highest BCUT2D eigenvalue weighted by atomic mass is 32.2. The van der Waals surface area contributed by atoms with E-state index in [-0.39, 0.29) is 16.5 Å². The van der Waals surface area contributed by atoms with Crippen LogP contribution in [0.15, 0.2) is 41.3 Å². The lowest BCUT2D eigenvalue weighted by molar-refractivity contribution is 0.230. The third-order valence-corrected chi connectivity index (χ3v) is 6.37. The number of hydrogen-bond donors (Lipinski definition) is 1. The molecule has 0 amide bonds. The van der Waals surface area contributed by atoms with Crippen LogP contribution in [0.1, 0.15) is 38.2 Å². The van der Waals surface area contributed by atoms with Crippen LogP contribution in [0.3, 0.4) is 0 Å². The van der Waals surface area contributed by atoms with Gasteiger partial charge in [-0.1, -0.05) is 26.0 Å². The number of rotatable bonds is 9. The first-order chi connectivity index (χ1) is 13.9. The molecule has 0 radical (unpaired) electrons. The molecule has 2 heterocycles. The van der Waals surface area contributed by atoms with Gasteiger partial charge in [0.1, 0.15) is 12.3 Å². The molecule has 0 saturated carbocycles. The number of nitrogens with one attached hydrogen (secondary N) is 1. The molecule has 0 unspecified atom stereocenters. The van der Waals surface area contributed by atoms with Gasteiger partial charge in [-0.05, 0) is 55.6 Å². The number of pyridine rings is 1. The van der Waals surface area contributed by atoms with Gasteiger partial charge >= 0.3 is 0 Å². The fraction of sp³-hybridized carbons (Fsp3) is 0.476. The van der Waals surface area contributed by atoms with E-state index < -0.39 is 10.0 Å². The largest absolute Gasteiger partial charge is 0.479 e. The number of benzene rings is 1. The SMILES string of the molecule is COc1nc(OCCN2CCCC2)ccc1NS(=O)(=O)c1ccc(C(C)C)cc1. The van der Waals surface area contributed by atoms with Crippen LogP contribution in [0.4, 0.5) is 5.69 Å². The second kappa shape index (κ2) is 9.45. The Morgan fingerprint density at radius 1 is 1.10 bits per heavy atom. The highest BCUT2D eigenvalue weighted by Gasteiger charge is 2.18. The van der Waals surface area contributed by atoms with Gasteiger partial charge in [0.15, 0.2) is 0 Å². The number of anilines is 1. The van der Waals surface area contributed by atoms with E-state index in [0.717, 1.165) is 25.2 Å². The first kappa shape index (κ1) is 21.4. The molecule has 3 rings (SSSR count). The minimum absolute atomic E-state index is 0.172. The normalized spacial score (nSPS) is 14.9. The molecule has 0 bridgehead atoms. The minimum Gasteiger partial charge on any atom is -0.479 e. The maximum absolute atomic E-state index is 12.7. The van der Waals surface area contributed by atoms with E-state index in [0.29, 0.717) is 18.4 Å². The molecule has 7 nitrogen and oxygen atoms in total. The van der Waals surface area contributed by atoms with E-state index >= 15 is 0 Å². The molecule has 2 aromatic rings. The Balaban J connectivity index is 1.67. The number of sulfonamides is 1. The molecule has 0 aliphatic carbocycles. The number of likely N-dealkylation sites (tertiary alicyclic amines) is 1. The van der Waals surface area contributed by atoms with Crippen LogP contribution in [-0.4, -0.2) is 51.7 Å². The number of nitrogens with zero attached hydrogens (tertiary/aromatic N) is 2. The average molecular weight is 420 g/mol.